The van der Waals surface area contributed by atoms with Crippen LogP contribution in [-0.2, 0) is 4.79 Å². The minimum absolute atomic E-state index is 0.0364. The van der Waals surface area contributed by atoms with Crippen molar-refractivity contribution in [3.8, 4) is 12.3 Å². The van der Waals surface area contributed by atoms with Gasteiger partial charge in [-0.25, -0.2) is 0 Å². The zero-order valence-electron chi connectivity index (χ0n) is 7.97. The number of rotatable bonds is 5. The first kappa shape index (κ1) is 10.1. The number of nitrogens with one attached hydrogen (secondary N) is 2. The average molecular weight is 180 g/mol. The second-order valence-electron chi connectivity index (χ2n) is 3.58. The van der Waals surface area contributed by atoms with E-state index in [0.29, 0.717) is 19.0 Å². The van der Waals surface area contributed by atoms with Crippen molar-refractivity contribution in [1.82, 2.24) is 10.6 Å². The fraction of sp³-hybridized carbons (Fsp3) is 0.700. The molecular formula is C10H16N2O. The van der Waals surface area contributed by atoms with Gasteiger partial charge in [0.2, 0.25) is 5.91 Å². The first-order chi connectivity index (χ1) is 6.24. The molecule has 0 aromatic carbocycles. The van der Waals surface area contributed by atoms with E-state index in [1.807, 2.05) is 0 Å². The summed E-state index contributed by atoms with van der Waals surface area (Å²) in [5, 5.41) is 5.71. The lowest BCUT2D eigenvalue weighted by atomic mass is 10.3. The number of carbonyl (C=O) groups excluding carboxylic acids is 1. The van der Waals surface area contributed by atoms with Gasteiger partial charge in [-0.1, -0.05) is 12.8 Å². The summed E-state index contributed by atoms with van der Waals surface area (Å²) >= 11 is 0. The SMILES string of the molecule is C#CCNCC(=O)NCC1CC1C. The summed E-state index contributed by atoms with van der Waals surface area (Å²) in [7, 11) is 0. The molecule has 3 nitrogen and oxygen atoms in total. The lowest BCUT2D eigenvalue weighted by Crippen LogP contribution is -2.35. The van der Waals surface area contributed by atoms with E-state index < -0.39 is 0 Å². The van der Waals surface area contributed by atoms with Gasteiger partial charge in [-0.2, -0.15) is 0 Å². The quantitative estimate of drug-likeness (QED) is 0.461. The van der Waals surface area contributed by atoms with Crippen LogP contribution in [0, 0.1) is 24.2 Å². The van der Waals surface area contributed by atoms with Crippen LogP contribution in [0.15, 0.2) is 0 Å². The Morgan fingerprint density at radius 3 is 2.92 bits per heavy atom. The molecule has 2 unspecified atom stereocenters. The maximum atomic E-state index is 11.1. The second kappa shape index (κ2) is 4.88. The van der Waals surface area contributed by atoms with Crippen molar-refractivity contribution in [2.45, 2.75) is 13.3 Å². The van der Waals surface area contributed by atoms with E-state index in [1.54, 1.807) is 0 Å². The Hall–Kier alpha value is -1.01. The van der Waals surface area contributed by atoms with Gasteiger partial charge in [-0.15, -0.1) is 6.42 Å². The van der Waals surface area contributed by atoms with Gasteiger partial charge in [0.1, 0.15) is 0 Å². The van der Waals surface area contributed by atoms with Crippen LogP contribution >= 0.6 is 0 Å². The number of terminal acetylenes is 1. The molecule has 0 bridgehead atoms. The van der Waals surface area contributed by atoms with Crippen molar-refractivity contribution in [3.05, 3.63) is 0 Å². The molecule has 2 N–H and O–H groups in total. The Labute approximate surface area is 79.3 Å². The molecule has 0 aliphatic heterocycles. The highest BCUT2D eigenvalue weighted by atomic mass is 16.1. The third-order valence-corrected chi connectivity index (χ3v) is 2.35. The number of carbonyl (C=O) groups is 1. The Bertz CT molecular complexity index is 219. The predicted molar refractivity (Wildman–Crippen MR) is 52.0 cm³/mol. The maximum Gasteiger partial charge on any atom is 0.233 e. The summed E-state index contributed by atoms with van der Waals surface area (Å²) in [6, 6.07) is 0. The summed E-state index contributed by atoms with van der Waals surface area (Å²) < 4.78 is 0. The Morgan fingerprint density at radius 2 is 2.38 bits per heavy atom. The first-order valence-corrected chi connectivity index (χ1v) is 4.65. The highest BCUT2D eigenvalue weighted by molar-refractivity contribution is 5.78. The molecule has 0 radical (unpaired) electrons. The van der Waals surface area contributed by atoms with Crippen LogP contribution in [0.5, 0.6) is 0 Å². The van der Waals surface area contributed by atoms with Crippen LogP contribution in [0.1, 0.15) is 13.3 Å². The summed E-state index contributed by atoms with van der Waals surface area (Å²) in [6.07, 6.45) is 6.27. The minimum atomic E-state index is 0.0364. The molecule has 13 heavy (non-hydrogen) atoms. The lowest BCUT2D eigenvalue weighted by Gasteiger charge is -2.03. The van der Waals surface area contributed by atoms with Crippen LogP contribution in [0.3, 0.4) is 0 Å². The highest BCUT2D eigenvalue weighted by Crippen LogP contribution is 2.36. The van der Waals surface area contributed by atoms with Gasteiger partial charge >= 0.3 is 0 Å². The molecule has 1 aliphatic carbocycles. The van der Waals surface area contributed by atoms with E-state index in [-0.39, 0.29) is 5.91 Å². The zero-order chi connectivity index (χ0) is 9.68. The Balaban J connectivity index is 1.95. The van der Waals surface area contributed by atoms with Gasteiger partial charge in [-0.3, -0.25) is 10.1 Å². The minimum Gasteiger partial charge on any atom is -0.355 e. The molecule has 1 rings (SSSR count). The van der Waals surface area contributed by atoms with Crippen molar-refractivity contribution in [2.24, 2.45) is 11.8 Å². The molecule has 1 aliphatic rings. The van der Waals surface area contributed by atoms with Crippen molar-refractivity contribution >= 4 is 5.91 Å². The van der Waals surface area contributed by atoms with Crippen molar-refractivity contribution < 1.29 is 4.79 Å². The molecule has 0 saturated heterocycles. The average Bonchev–Trinajstić information content (AvgIpc) is 2.79. The van der Waals surface area contributed by atoms with Crippen LogP contribution in [0.25, 0.3) is 0 Å². The van der Waals surface area contributed by atoms with Crippen LogP contribution in [0.2, 0.25) is 0 Å². The zero-order valence-corrected chi connectivity index (χ0v) is 7.97. The largest absolute Gasteiger partial charge is 0.355 e. The lowest BCUT2D eigenvalue weighted by molar-refractivity contribution is -0.120. The first-order valence-electron chi connectivity index (χ1n) is 4.65. The molecule has 1 saturated carbocycles. The molecule has 3 heteroatoms. The summed E-state index contributed by atoms with van der Waals surface area (Å²) in [4.78, 5) is 11.1. The molecular weight excluding hydrogens is 164 g/mol. The van der Waals surface area contributed by atoms with Gasteiger partial charge in [-0.05, 0) is 18.3 Å². The smallest absolute Gasteiger partial charge is 0.233 e. The van der Waals surface area contributed by atoms with E-state index in [2.05, 4.69) is 23.5 Å². The normalized spacial score (nSPS) is 24.9. The number of hydrogen-bond donors (Lipinski definition) is 2. The fourth-order valence-electron chi connectivity index (χ4n) is 1.24. The van der Waals surface area contributed by atoms with E-state index in [4.69, 9.17) is 6.42 Å². The van der Waals surface area contributed by atoms with Crippen LogP contribution in [-0.4, -0.2) is 25.5 Å². The van der Waals surface area contributed by atoms with E-state index in [0.717, 1.165) is 12.5 Å². The predicted octanol–water partition coefficient (Wildman–Crippen LogP) is -0.0186. The standard InChI is InChI=1S/C10H16N2O/c1-3-4-11-7-10(13)12-6-9-5-8(9)2/h1,8-9,11H,4-7H2,2H3,(H,12,13). The number of hydrogen-bond acceptors (Lipinski definition) is 2. The highest BCUT2D eigenvalue weighted by Gasteiger charge is 2.32. The molecule has 2 atom stereocenters. The molecule has 0 aromatic heterocycles. The van der Waals surface area contributed by atoms with Gasteiger partial charge < -0.3 is 5.32 Å². The van der Waals surface area contributed by atoms with Crippen LogP contribution in [0.4, 0.5) is 0 Å². The topological polar surface area (TPSA) is 41.1 Å². The Kier molecular flexibility index (Phi) is 3.78. The number of amides is 1. The molecule has 0 spiro atoms. The molecule has 72 valence electrons. The van der Waals surface area contributed by atoms with Gasteiger partial charge in [0, 0.05) is 6.54 Å². The van der Waals surface area contributed by atoms with E-state index in [1.165, 1.54) is 6.42 Å². The van der Waals surface area contributed by atoms with Gasteiger partial charge in [0.25, 0.3) is 0 Å². The van der Waals surface area contributed by atoms with Crippen LogP contribution < -0.4 is 10.6 Å². The van der Waals surface area contributed by atoms with Crippen molar-refractivity contribution in [1.29, 1.82) is 0 Å². The van der Waals surface area contributed by atoms with E-state index in [9.17, 15) is 4.79 Å². The molecule has 1 fully saturated rings. The molecule has 0 heterocycles. The molecule has 0 aromatic rings. The monoisotopic (exact) mass is 180 g/mol. The molecule has 1 amide bonds. The van der Waals surface area contributed by atoms with Gasteiger partial charge in [0.05, 0.1) is 13.1 Å². The fourth-order valence-corrected chi connectivity index (χ4v) is 1.24. The maximum absolute atomic E-state index is 11.1. The Morgan fingerprint density at radius 1 is 1.69 bits per heavy atom. The summed E-state index contributed by atoms with van der Waals surface area (Å²) in [5.74, 6) is 3.95. The summed E-state index contributed by atoms with van der Waals surface area (Å²) in [5.41, 5.74) is 0. The van der Waals surface area contributed by atoms with E-state index >= 15 is 0 Å². The second-order valence-corrected chi connectivity index (χ2v) is 3.58. The third kappa shape index (κ3) is 3.95. The van der Waals surface area contributed by atoms with Crippen molar-refractivity contribution in [3.63, 3.8) is 0 Å². The summed E-state index contributed by atoms with van der Waals surface area (Å²) in [6.45, 7) is 3.80. The third-order valence-electron chi connectivity index (χ3n) is 2.35. The van der Waals surface area contributed by atoms with Crippen molar-refractivity contribution in [2.75, 3.05) is 19.6 Å². The van der Waals surface area contributed by atoms with Gasteiger partial charge in [0.15, 0.2) is 0 Å².